The first-order valence-corrected chi connectivity index (χ1v) is 6.95. The average molecular weight is 293 g/mol. The van der Waals surface area contributed by atoms with E-state index in [-0.39, 0.29) is 19.1 Å². The van der Waals surface area contributed by atoms with Crippen LogP contribution >= 0.6 is 0 Å². The Morgan fingerprint density at radius 1 is 1.19 bits per heavy atom. The quantitative estimate of drug-likeness (QED) is 0.848. The summed E-state index contributed by atoms with van der Waals surface area (Å²) in [6.07, 6.45) is -0.537. The second kappa shape index (κ2) is 7.67. The third kappa shape index (κ3) is 7.34. The number of alkyl carbamates (subject to hydrolysis) is 1. The summed E-state index contributed by atoms with van der Waals surface area (Å²) < 4.78 is 10.3. The molecule has 1 N–H and O–H groups in total. The zero-order chi connectivity index (χ0) is 15.9. The van der Waals surface area contributed by atoms with E-state index in [0.717, 1.165) is 5.56 Å². The van der Waals surface area contributed by atoms with Crippen LogP contribution in [0.15, 0.2) is 30.3 Å². The Labute approximate surface area is 125 Å². The second-order valence-corrected chi connectivity index (χ2v) is 5.88. The Hall–Kier alpha value is -2.04. The van der Waals surface area contributed by atoms with Gasteiger partial charge in [0.15, 0.2) is 0 Å². The fourth-order valence-electron chi connectivity index (χ4n) is 1.50. The molecule has 5 heteroatoms. The van der Waals surface area contributed by atoms with E-state index in [4.69, 9.17) is 9.47 Å². The first-order valence-electron chi connectivity index (χ1n) is 6.95. The van der Waals surface area contributed by atoms with Gasteiger partial charge in [-0.05, 0) is 26.3 Å². The van der Waals surface area contributed by atoms with E-state index in [9.17, 15) is 9.59 Å². The van der Waals surface area contributed by atoms with E-state index in [1.165, 1.54) is 0 Å². The Balaban J connectivity index is 2.30. The Morgan fingerprint density at radius 3 is 2.38 bits per heavy atom. The van der Waals surface area contributed by atoms with Crippen molar-refractivity contribution in [3.8, 4) is 0 Å². The van der Waals surface area contributed by atoms with E-state index in [2.05, 4.69) is 5.32 Å². The van der Waals surface area contributed by atoms with Gasteiger partial charge in [0.25, 0.3) is 0 Å². The van der Waals surface area contributed by atoms with E-state index in [1.54, 1.807) is 27.7 Å². The predicted octanol–water partition coefficient (Wildman–Crippen LogP) is 2.89. The lowest BCUT2D eigenvalue weighted by molar-refractivity contribution is -0.149. The Bertz CT molecular complexity index is 465. The van der Waals surface area contributed by atoms with Gasteiger partial charge in [0.1, 0.15) is 12.2 Å². The summed E-state index contributed by atoms with van der Waals surface area (Å²) in [5, 5.41) is 2.56. The number of nitrogens with one attached hydrogen (secondary N) is 1. The maximum absolute atomic E-state index is 11.8. The number of carbonyl (C=O) groups excluding carboxylic acids is 2. The lowest BCUT2D eigenvalue weighted by atomic mass is 10.2. The molecule has 1 aromatic rings. The highest BCUT2D eigenvalue weighted by atomic mass is 16.6. The van der Waals surface area contributed by atoms with Crippen LogP contribution in [-0.4, -0.2) is 24.2 Å². The van der Waals surface area contributed by atoms with Crippen molar-refractivity contribution in [3.63, 3.8) is 0 Å². The molecule has 0 spiro atoms. The molecule has 0 saturated heterocycles. The molecule has 1 atom stereocenters. The fourth-order valence-corrected chi connectivity index (χ4v) is 1.50. The van der Waals surface area contributed by atoms with Crippen LogP contribution in [-0.2, 0) is 20.9 Å². The number of ether oxygens (including phenoxy) is 2. The van der Waals surface area contributed by atoms with E-state index in [0.29, 0.717) is 0 Å². The molecule has 1 rings (SSSR count). The summed E-state index contributed by atoms with van der Waals surface area (Å²) in [6.45, 7) is 7.46. The number of carbonyl (C=O) groups is 2. The molecule has 0 aliphatic rings. The lowest BCUT2D eigenvalue weighted by Crippen LogP contribution is -2.36. The van der Waals surface area contributed by atoms with Crippen LogP contribution in [0.3, 0.4) is 0 Å². The molecule has 0 aliphatic carbocycles. The highest BCUT2D eigenvalue weighted by Crippen LogP contribution is 2.07. The third-order valence-corrected chi connectivity index (χ3v) is 2.58. The van der Waals surface area contributed by atoms with Crippen molar-refractivity contribution in [3.05, 3.63) is 35.9 Å². The summed E-state index contributed by atoms with van der Waals surface area (Å²) >= 11 is 0. The van der Waals surface area contributed by atoms with E-state index < -0.39 is 17.6 Å². The summed E-state index contributed by atoms with van der Waals surface area (Å²) in [6, 6.07) is 9.44. The standard InChI is InChI=1S/C16H23NO4/c1-12(10-17-15(19)21-16(2,3)4)14(18)20-11-13-8-6-5-7-9-13/h5-9,12H,10-11H2,1-4H3,(H,17,19)/t12-/m0/s1. The third-order valence-electron chi connectivity index (χ3n) is 2.58. The summed E-state index contributed by atoms with van der Waals surface area (Å²) in [5.74, 6) is -0.781. The first kappa shape index (κ1) is 17.0. The number of benzene rings is 1. The molecule has 21 heavy (non-hydrogen) atoms. The van der Waals surface area contributed by atoms with E-state index in [1.807, 2.05) is 30.3 Å². The SMILES string of the molecule is C[C@@H](CNC(=O)OC(C)(C)C)C(=O)OCc1ccccc1. The van der Waals surface area contributed by atoms with Gasteiger partial charge in [0, 0.05) is 6.54 Å². The molecular weight excluding hydrogens is 270 g/mol. The minimum absolute atomic E-state index is 0.183. The van der Waals surface area contributed by atoms with Gasteiger partial charge in [-0.25, -0.2) is 4.79 Å². The average Bonchev–Trinajstić information content (AvgIpc) is 2.41. The van der Waals surface area contributed by atoms with Crippen LogP contribution < -0.4 is 5.32 Å². The van der Waals surface area contributed by atoms with Crippen LogP contribution in [0.25, 0.3) is 0 Å². The lowest BCUT2D eigenvalue weighted by Gasteiger charge is -2.20. The number of amides is 1. The topological polar surface area (TPSA) is 64.6 Å². The minimum Gasteiger partial charge on any atom is -0.461 e. The van der Waals surface area contributed by atoms with Gasteiger partial charge in [-0.15, -0.1) is 0 Å². The number of hydrogen-bond donors (Lipinski definition) is 1. The maximum Gasteiger partial charge on any atom is 0.407 e. The minimum atomic E-state index is -0.554. The molecule has 0 saturated carbocycles. The van der Waals surface area contributed by atoms with Gasteiger partial charge in [0.05, 0.1) is 5.92 Å². The van der Waals surface area contributed by atoms with Crippen LogP contribution in [0.5, 0.6) is 0 Å². The highest BCUT2D eigenvalue weighted by molar-refractivity contribution is 5.74. The fraction of sp³-hybridized carbons (Fsp3) is 0.500. The molecule has 0 radical (unpaired) electrons. The molecule has 1 aromatic carbocycles. The molecule has 116 valence electrons. The smallest absolute Gasteiger partial charge is 0.407 e. The van der Waals surface area contributed by atoms with E-state index >= 15 is 0 Å². The molecule has 0 aromatic heterocycles. The van der Waals surface area contributed by atoms with Crippen molar-refractivity contribution < 1.29 is 19.1 Å². The molecule has 0 heterocycles. The van der Waals surface area contributed by atoms with Crippen molar-refractivity contribution >= 4 is 12.1 Å². The Kier molecular flexibility index (Phi) is 6.21. The largest absolute Gasteiger partial charge is 0.461 e. The second-order valence-electron chi connectivity index (χ2n) is 5.88. The van der Waals surface area contributed by atoms with Gasteiger partial charge in [-0.3, -0.25) is 4.79 Å². The highest BCUT2D eigenvalue weighted by Gasteiger charge is 2.19. The molecule has 5 nitrogen and oxygen atoms in total. The molecule has 0 bridgehead atoms. The van der Waals surface area contributed by atoms with Gasteiger partial charge in [-0.2, -0.15) is 0 Å². The number of rotatable bonds is 5. The number of hydrogen-bond acceptors (Lipinski definition) is 4. The molecule has 0 fully saturated rings. The first-order chi connectivity index (χ1) is 9.78. The van der Waals surface area contributed by atoms with Crippen molar-refractivity contribution in [1.82, 2.24) is 5.32 Å². The maximum atomic E-state index is 11.8. The molecule has 1 amide bonds. The van der Waals surface area contributed by atoms with Crippen molar-refractivity contribution in [1.29, 1.82) is 0 Å². The summed E-state index contributed by atoms with van der Waals surface area (Å²) in [5.41, 5.74) is 0.374. The van der Waals surface area contributed by atoms with Crippen LogP contribution in [0, 0.1) is 5.92 Å². The van der Waals surface area contributed by atoms with Crippen LogP contribution in [0.4, 0.5) is 4.79 Å². The molecule has 0 unspecified atom stereocenters. The molecular formula is C16H23NO4. The van der Waals surface area contributed by atoms with Crippen molar-refractivity contribution in [2.75, 3.05) is 6.54 Å². The number of esters is 1. The zero-order valence-corrected chi connectivity index (χ0v) is 13.0. The normalized spacial score (nSPS) is 12.4. The summed E-state index contributed by atoms with van der Waals surface area (Å²) in [4.78, 5) is 23.3. The van der Waals surface area contributed by atoms with Gasteiger partial charge in [0.2, 0.25) is 0 Å². The molecule has 0 aliphatic heterocycles. The van der Waals surface area contributed by atoms with Crippen molar-refractivity contribution in [2.24, 2.45) is 5.92 Å². The summed E-state index contributed by atoms with van der Waals surface area (Å²) in [7, 11) is 0. The Morgan fingerprint density at radius 2 is 1.81 bits per heavy atom. The van der Waals surface area contributed by atoms with Gasteiger partial charge in [-0.1, -0.05) is 37.3 Å². The van der Waals surface area contributed by atoms with Gasteiger partial charge < -0.3 is 14.8 Å². The van der Waals surface area contributed by atoms with Gasteiger partial charge >= 0.3 is 12.1 Å². The van der Waals surface area contributed by atoms with Crippen LogP contribution in [0.1, 0.15) is 33.3 Å². The van der Waals surface area contributed by atoms with Crippen molar-refractivity contribution in [2.45, 2.75) is 39.9 Å². The zero-order valence-electron chi connectivity index (χ0n) is 13.0. The monoisotopic (exact) mass is 293 g/mol. The predicted molar refractivity (Wildman–Crippen MR) is 79.6 cm³/mol. The van der Waals surface area contributed by atoms with Crippen LogP contribution in [0.2, 0.25) is 0 Å².